The number of carbonyl (C=O) groups excluding carboxylic acids is 3. The van der Waals surface area contributed by atoms with Crippen molar-refractivity contribution >= 4 is 18.0 Å². The number of aryl methyl sites for hydroxylation is 2. The van der Waals surface area contributed by atoms with Crippen LogP contribution in [-0.2, 0) is 14.3 Å². The van der Waals surface area contributed by atoms with E-state index in [4.69, 9.17) is 14.0 Å². The summed E-state index contributed by atoms with van der Waals surface area (Å²) in [6.45, 7) is 4.73. The molecule has 1 aliphatic heterocycles. The van der Waals surface area contributed by atoms with Gasteiger partial charge in [-0.15, -0.1) is 0 Å². The average molecular weight is 399 g/mol. The van der Waals surface area contributed by atoms with Gasteiger partial charge >= 0.3 is 18.0 Å². The van der Waals surface area contributed by atoms with Crippen LogP contribution in [0.5, 0.6) is 0 Å². The van der Waals surface area contributed by atoms with Crippen LogP contribution in [0.25, 0.3) is 0 Å². The van der Waals surface area contributed by atoms with Crippen LogP contribution in [0.1, 0.15) is 40.3 Å². The Morgan fingerprint density at radius 1 is 1.14 bits per heavy atom. The number of rotatable bonds is 6. The molecular weight excluding hydrogens is 378 g/mol. The first-order chi connectivity index (χ1) is 13.9. The van der Waals surface area contributed by atoms with E-state index in [0.717, 1.165) is 0 Å². The highest BCUT2D eigenvalue weighted by Gasteiger charge is 2.34. The Kier molecular flexibility index (Phi) is 5.96. The van der Waals surface area contributed by atoms with Crippen LogP contribution in [0.15, 0.2) is 46.1 Å². The number of amides is 2. The molecule has 0 aliphatic carbocycles. The van der Waals surface area contributed by atoms with Crippen molar-refractivity contribution in [3.63, 3.8) is 0 Å². The molecule has 1 aromatic heterocycles. The summed E-state index contributed by atoms with van der Waals surface area (Å²) in [6.07, 6.45) is 0. The average Bonchev–Trinajstić information content (AvgIpc) is 3.04. The molecule has 1 aliphatic rings. The number of aromatic nitrogens is 1. The highest BCUT2D eigenvalue weighted by Crippen LogP contribution is 2.28. The van der Waals surface area contributed by atoms with E-state index in [9.17, 15) is 14.4 Å². The van der Waals surface area contributed by atoms with Crippen LogP contribution in [0.4, 0.5) is 4.79 Å². The molecule has 1 atom stereocenters. The summed E-state index contributed by atoms with van der Waals surface area (Å²) in [5, 5.41) is 8.98. The van der Waals surface area contributed by atoms with Crippen LogP contribution in [0, 0.1) is 13.8 Å². The summed E-state index contributed by atoms with van der Waals surface area (Å²) in [7, 11) is 0. The maximum absolute atomic E-state index is 12.6. The molecule has 2 heterocycles. The number of ether oxygens (including phenoxy) is 2. The van der Waals surface area contributed by atoms with Gasteiger partial charge in [0, 0.05) is 0 Å². The van der Waals surface area contributed by atoms with E-state index in [1.165, 1.54) is 0 Å². The number of urea groups is 1. The number of hydrogen-bond donors (Lipinski definition) is 2. The SMILES string of the molecule is CCOC(=O)C1=C(COC(=O)c2c(C)noc2C)NC(=O)N[C@@H]1c1ccccc1. The van der Waals surface area contributed by atoms with Crippen molar-refractivity contribution in [3.05, 3.63) is 64.2 Å². The summed E-state index contributed by atoms with van der Waals surface area (Å²) in [4.78, 5) is 37.3. The lowest BCUT2D eigenvalue weighted by Crippen LogP contribution is -2.47. The van der Waals surface area contributed by atoms with Gasteiger partial charge in [0.05, 0.1) is 29.6 Å². The first-order valence-corrected chi connectivity index (χ1v) is 9.05. The molecular formula is C20H21N3O6. The minimum Gasteiger partial charge on any atom is -0.463 e. The molecule has 0 fully saturated rings. The predicted octanol–water partition coefficient (Wildman–Crippen LogP) is 2.32. The molecule has 1 aromatic carbocycles. The van der Waals surface area contributed by atoms with Crippen LogP contribution in [0.3, 0.4) is 0 Å². The Bertz CT molecular complexity index is 944. The van der Waals surface area contributed by atoms with Gasteiger partial charge in [0.2, 0.25) is 0 Å². The fraction of sp³-hybridized carbons (Fsp3) is 0.300. The summed E-state index contributed by atoms with van der Waals surface area (Å²) < 4.78 is 15.5. The fourth-order valence-electron chi connectivity index (χ4n) is 3.06. The van der Waals surface area contributed by atoms with Gasteiger partial charge in [-0.25, -0.2) is 14.4 Å². The number of nitrogens with zero attached hydrogens (tertiary/aromatic N) is 1. The molecule has 152 valence electrons. The molecule has 3 rings (SSSR count). The molecule has 0 saturated heterocycles. The van der Waals surface area contributed by atoms with Crippen molar-refractivity contribution in [3.8, 4) is 0 Å². The van der Waals surface area contributed by atoms with Gasteiger partial charge in [-0.3, -0.25) is 0 Å². The Morgan fingerprint density at radius 2 is 1.86 bits per heavy atom. The maximum atomic E-state index is 12.6. The lowest BCUT2D eigenvalue weighted by Gasteiger charge is -2.29. The topological polar surface area (TPSA) is 120 Å². The zero-order valence-corrected chi connectivity index (χ0v) is 16.3. The Hall–Kier alpha value is -3.62. The summed E-state index contributed by atoms with van der Waals surface area (Å²) in [5.41, 5.74) is 1.62. The van der Waals surface area contributed by atoms with Gasteiger partial charge in [0.15, 0.2) is 0 Å². The Morgan fingerprint density at radius 3 is 2.48 bits per heavy atom. The normalized spacial score (nSPS) is 16.1. The van der Waals surface area contributed by atoms with Crippen molar-refractivity contribution < 1.29 is 28.4 Å². The molecule has 29 heavy (non-hydrogen) atoms. The lowest BCUT2D eigenvalue weighted by atomic mass is 9.95. The van der Waals surface area contributed by atoms with E-state index in [1.807, 2.05) is 6.07 Å². The zero-order chi connectivity index (χ0) is 21.0. The quantitative estimate of drug-likeness (QED) is 0.715. The largest absolute Gasteiger partial charge is 0.463 e. The van der Waals surface area contributed by atoms with E-state index in [-0.39, 0.29) is 30.0 Å². The highest BCUT2D eigenvalue weighted by molar-refractivity contribution is 5.95. The third kappa shape index (κ3) is 4.29. The smallest absolute Gasteiger partial charge is 0.344 e. The number of esters is 2. The number of nitrogens with one attached hydrogen (secondary N) is 2. The molecule has 0 bridgehead atoms. The van der Waals surface area contributed by atoms with Crippen LogP contribution in [-0.4, -0.2) is 36.3 Å². The first kappa shape index (κ1) is 20.1. The van der Waals surface area contributed by atoms with Gasteiger partial charge in [-0.2, -0.15) is 0 Å². The van der Waals surface area contributed by atoms with Gasteiger partial charge in [-0.1, -0.05) is 35.5 Å². The molecule has 2 amide bonds. The van der Waals surface area contributed by atoms with E-state index >= 15 is 0 Å². The second-order valence-electron chi connectivity index (χ2n) is 6.33. The van der Waals surface area contributed by atoms with E-state index in [0.29, 0.717) is 17.0 Å². The van der Waals surface area contributed by atoms with Crippen LogP contribution >= 0.6 is 0 Å². The summed E-state index contributed by atoms with van der Waals surface area (Å²) >= 11 is 0. The van der Waals surface area contributed by atoms with E-state index < -0.39 is 24.0 Å². The summed E-state index contributed by atoms with van der Waals surface area (Å²) in [5.74, 6) is -0.957. The minimum atomic E-state index is -0.739. The van der Waals surface area contributed by atoms with E-state index in [1.54, 1.807) is 45.0 Å². The second kappa shape index (κ2) is 8.59. The number of carbonyl (C=O) groups is 3. The third-order valence-electron chi connectivity index (χ3n) is 4.37. The second-order valence-corrected chi connectivity index (χ2v) is 6.33. The van der Waals surface area contributed by atoms with Crippen molar-refractivity contribution in [2.75, 3.05) is 13.2 Å². The van der Waals surface area contributed by atoms with Gasteiger partial charge in [0.25, 0.3) is 0 Å². The van der Waals surface area contributed by atoms with Crippen LogP contribution in [0.2, 0.25) is 0 Å². The molecule has 0 spiro atoms. The van der Waals surface area contributed by atoms with Gasteiger partial charge in [-0.05, 0) is 26.3 Å². The number of benzene rings is 1. The van der Waals surface area contributed by atoms with Gasteiger partial charge in [0.1, 0.15) is 17.9 Å². The van der Waals surface area contributed by atoms with Crippen molar-refractivity contribution in [1.82, 2.24) is 15.8 Å². The standard InChI is InChI=1S/C20H21N3O6/c1-4-27-19(25)16-14(10-28-18(24)15-11(2)23-29-12(15)3)21-20(26)22-17(16)13-8-6-5-7-9-13/h5-9,17H,4,10H2,1-3H3,(H2,21,22,26)/t17-/m1/s1. The molecule has 9 heteroatoms. The number of hydrogen-bond acceptors (Lipinski definition) is 7. The monoisotopic (exact) mass is 399 g/mol. The molecule has 0 saturated carbocycles. The first-order valence-electron chi connectivity index (χ1n) is 9.05. The fourth-order valence-corrected chi connectivity index (χ4v) is 3.06. The molecule has 9 nitrogen and oxygen atoms in total. The van der Waals surface area contributed by atoms with Crippen molar-refractivity contribution in [2.24, 2.45) is 0 Å². The minimum absolute atomic E-state index is 0.154. The zero-order valence-electron chi connectivity index (χ0n) is 16.3. The Labute approximate surface area is 167 Å². The van der Waals surface area contributed by atoms with Crippen molar-refractivity contribution in [2.45, 2.75) is 26.8 Å². The van der Waals surface area contributed by atoms with Crippen molar-refractivity contribution in [1.29, 1.82) is 0 Å². The molecule has 0 unspecified atom stereocenters. The van der Waals surface area contributed by atoms with E-state index in [2.05, 4.69) is 15.8 Å². The predicted molar refractivity (Wildman–Crippen MR) is 101 cm³/mol. The van der Waals surface area contributed by atoms with Crippen LogP contribution < -0.4 is 10.6 Å². The summed E-state index contributed by atoms with van der Waals surface area (Å²) in [6, 6.07) is 7.72. The maximum Gasteiger partial charge on any atom is 0.344 e. The highest BCUT2D eigenvalue weighted by atomic mass is 16.5. The molecule has 2 aromatic rings. The Balaban J connectivity index is 1.93. The molecule has 2 N–H and O–H groups in total. The lowest BCUT2D eigenvalue weighted by molar-refractivity contribution is -0.139. The molecule has 0 radical (unpaired) electrons. The third-order valence-corrected chi connectivity index (χ3v) is 4.37. The van der Waals surface area contributed by atoms with Gasteiger partial charge < -0.3 is 24.6 Å².